The number of aromatic nitrogens is 4. The van der Waals surface area contributed by atoms with Crippen molar-refractivity contribution in [1.29, 1.82) is 0 Å². The molecule has 0 saturated heterocycles. The van der Waals surface area contributed by atoms with Crippen LogP contribution >= 0.6 is 0 Å². The van der Waals surface area contributed by atoms with Crippen molar-refractivity contribution in [2.24, 2.45) is 0 Å². The summed E-state index contributed by atoms with van der Waals surface area (Å²) in [6, 6.07) is 6.89. The normalized spacial score (nSPS) is 9.65. The molecule has 0 saturated carbocycles. The monoisotopic (exact) mass is 271 g/mol. The van der Waals surface area contributed by atoms with Crippen molar-refractivity contribution in [3.05, 3.63) is 41.2 Å². The number of nitrogens with zero attached hydrogens (tertiary/aromatic N) is 3. The molecule has 20 heavy (non-hydrogen) atoms. The van der Waals surface area contributed by atoms with Crippen molar-refractivity contribution in [2.75, 3.05) is 6.61 Å². The second-order valence-corrected chi connectivity index (χ2v) is 3.86. The summed E-state index contributed by atoms with van der Waals surface area (Å²) in [7, 11) is 0. The molecule has 7 nitrogen and oxygen atoms in total. The van der Waals surface area contributed by atoms with Gasteiger partial charge in [0.15, 0.2) is 5.82 Å². The van der Waals surface area contributed by atoms with Crippen LogP contribution in [-0.2, 0) is 6.54 Å². The molecule has 0 aliphatic carbocycles. The average Bonchev–Trinajstić information content (AvgIpc) is 2.99. The number of tetrazole rings is 1. The lowest BCUT2D eigenvalue weighted by molar-refractivity contribution is 0.0950. The molecule has 0 atom stereocenters. The minimum atomic E-state index is -0.218. The van der Waals surface area contributed by atoms with Gasteiger partial charge in [-0.15, -0.1) is 10.2 Å². The van der Waals surface area contributed by atoms with Gasteiger partial charge in [-0.1, -0.05) is 17.1 Å². The number of benzene rings is 1. The summed E-state index contributed by atoms with van der Waals surface area (Å²) in [4.78, 5) is 11.8. The maximum Gasteiger partial charge on any atom is 0.251 e. The van der Waals surface area contributed by atoms with Gasteiger partial charge in [0.25, 0.3) is 5.91 Å². The van der Waals surface area contributed by atoms with E-state index in [1.165, 1.54) is 0 Å². The molecule has 102 valence electrons. The maximum atomic E-state index is 11.8. The van der Waals surface area contributed by atoms with E-state index in [1.54, 1.807) is 24.3 Å². The summed E-state index contributed by atoms with van der Waals surface area (Å²) >= 11 is 0. The molecule has 1 heterocycles. The van der Waals surface area contributed by atoms with Crippen molar-refractivity contribution >= 4 is 5.91 Å². The lowest BCUT2D eigenvalue weighted by atomic mass is 10.1. The van der Waals surface area contributed by atoms with Gasteiger partial charge >= 0.3 is 0 Å². The Kier molecular flexibility index (Phi) is 4.81. The van der Waals surface area contributed by atoms with Crippen LogP contribution in [-0.4, -0.2) is 38.2 Å². The van der Waals surface area contributed by atoms with E-state index in [0.717, 1.165) is 5.56 Å². The Morgan fingerprint density at radius 3 is 2.80 bits per heavy atom. The first kappa shape index (κ1) is 13.7. The molecule has 0 spiro atoms. The Morgan fingerprint density at radius 2 is 2.15 bits per heavy atom. The van der Waals surface area contributed by atoms with Gasteiger partial charge in [-0.05, 0) is 24.3 Å². The first-order valence-corrected chi connectivity index (χ1v) is 6.00. The van der Waals surface area contributed by atoms with Gasteiger partial charge in [0.1, 0.15) is 0 Å². The molecule has 0 bridgehead atoms. The SMILES string of the molecule is O=C(NCc1nn[nH]n1)c1ccc(C#CCCO)cc1. The number of hydrogen-bond donors (Lipinski definition) is 3. The molecule has 7 heteroatoms. The van der Waals surface area contributed by atoms with Gasteiger partial charge in [-0.2, -0.15) is 5.21 Å². The van der Waals surface area contributed by atoms with Crippen LogP contribution in [0.2, 0.25) is 0 Å². The van der Waals surface area contributed by atoms with Crippen molar-refractivity contribution in [3.63, 3.8) is 0 Å². The Morgan fingerprint density at radius 1 is 1.35 bits per heavy atom. The molecule has 2 aromatic rings. The first-order valence-electron chi connectivity index (χ1n) is 6.00. The molecule has 1 aromatic heterocycles. The van der Waals surface area contributed by atoms with E-state index in [0.29, 0.717) is 17.8 Å². The van der Waals surface area contributed by atoms with Crippen LogP contribution < -0.4 is 5.32 Å². The number of aliphatic hydroxyl groups excluding tert-OH is 1. The maximum absolute atomic E-state index is 11.8. The number of H-pyrrole nitrogens is 1. The lowest BCUT2D eigenvalue weighted by Crippen LogP contribution is -2.23. The van der Waals surface area contributed by atoms with E-state index in [-0.39, 0.29) is 19.1 Å². The van der Waals surface area contributed by atoms with E-state index >= 15 is 0 Å². The zero-order valence-electron chi connectivity index (χ0n) is 10.6. The summed E-state index contributed by atoms with van der Waals surface area (Å²) < 4.78 is 0. The number of amides is 1. The molecular formula is C13H13N5O2. The number of nitrogens with one attached hydrogen (secondary N) is 2. The topological polar surface area (TPSA) is 104 Å². The highest BCUT2D eigenvalue weighted by atomic mass is 16.2. The molecular weight excluding hydrogens is 258 g/mol. The van der Waals surface area contributed by atoms with Crippen LogP contribution in [0, 0.1) is 11.8 Å². The van der Waals surface area contributed by atoms with Crippen LogP contribution in [0.3, 0.4) is 0 Å². The molecule has 2 rings (SSSR count). The standard InChI is InChI=1S/C13H13N5O2/c19-8-2-1-3-10-4-6-11(7-5-10)13(20)14-9-12-15-17-18-16-12/h4-7,19H,2,8-9H2,(H,14,20)(H,15,16,17,18). The highest BCUT2D eigenvalue weighted by molar-refractivity contribution is 5.94. The quantitative estimate of drug-likeness (QED) is 0.672. The van der Waals surface area contributed by atoms with E-state index in [9.17, 15) is 4.79 Å². The molecule has 0 aliphatic heterocycles. The second-order valence-electron chi connectivity index (χ2n) is 3.86. The van der Waals surface area contributed by atoms with Gasteiger partial charge in [0, 0.05) is 17.5 Å². The van der Waals surface area contributed by atoms with E-state index in [4.69, 9.17) is 5.11 Å². The van der Waals surface area contributed by atoms with E-state index in [2.05, 4.69) is 37.8 Å². The Labute approximate surface area is 115 Å². The van der Waals surface area contributed by atoms with Gasteiger partial charge in [0.2, 0.25) is 0 Å². The van der Waals surface area contributed by atoms with Crippen LogP contribution in [0.4, 0.5) is 0 Å². The fourth-order valence-corrected chi connectivity index (χ4v) is 1.44. The average molecular weight is 271 g/mol. The fourth-order valence-electron chi connectivity index (χ4n) is 1.44. The van der Waals surface area contributed by atoms with Gasteiger partial charge in [0.05, 0.1) is 13.2 Å². The molecule has 0 unspecified atom stereocenters. The fraction of sp³-hybridized carbons (Fsp3) is 0.231. The minimum Gasteiger partial charge on any atom is -0.395 e. The van der Waals surface area contributed by atoms with Crippen molar-refractivity contribution in [3.8, 4) is 11.8 Å². The van der Waals surface area contributed by atoms with Crippen LogP contribution in [0.25, 0.3) is 0 Å². The molecule has 3 N–H and O–H groups in total. The molecule has 0 radical (unpaired) electrons. The van der Waals surface area contributed by atoms with E-state index in [1.807, 2.05) is 0 Å². The number of carbonyl (C=O) groups excluding carboxylic acids is 1. The highest BCUT2D eigenvalue weighted by Crippen LogP contribution is 2.03. The molecule has 0 fully saturated rings. The third-order valence-electron chi connectivity index (χ3n) is 2.41. The smallest absolute Gasteiger partial charge is 0.251 e. The number of rotatable bonds is 4. The third-order valence-corrected chi connectivity index (χ3v) is 2.41. The Hall–Kier alpha value is -2.72. The predicted molar refractivity (Wildman–Crippen MR) is 70.4 cm³/mol. The number of aliphatic hydroxyl groups is 1. The van der Waals surface area contributed by atoms with Crippen LogP contribution in [0.15, 0.2) is 24.3 Å². The zero-order chi connectivity index (χ0) is 14.2. The Bertz CT molecular complexity index is 610. The summed E-state index contributed by atoms with van der Waals surface area (Å²) in [6.07, 6.45) is 0.437. The molecule has 0 aliphatic rings. The molecule has 1 amide bonds. The highest BCUT2D eigenvalue weighted by Gasteiger charge is 2.06. The van der Waals surface area contributed by atoms with Gasteiger partial charge < -0.3 is 10.4 Å². The summed E-state index contributed by atoms with van der Waals surface area (Å²) in [5.41, 5.74) is 1.33. The number of aromatic amines is 1. The van der Waals surface area contributed by atoms with Crippen LogP contribution in [0.1, 0.15) is 28.2 Å². The summed E-state index contributed by atoms with van der Waals surface area (Å²) in [5.74, 6) is 5.91. The van der Waals surface area contributed by atoms with Gasteiger partial charge in [-0.3, -0.25) is 4.79 Å². The second kappa shape index (κ2) is 7.01. The van der Waals surface area contributed by atoms with Gasteiger partial charge in [-0.25, -0.2) is 0 Å². The van der Waals surface area contributed by atoms with E-state index < -0.39 is 0 Å². The third kappa shape index (κ3) is 3.90. The number of hydrogen-bond acceptors (Lipinski definition) is 5. The zero-order valence-corrected chi connectivity index (χ0v) is 10.6. The molecule has 1 aromatic carbocycles. The van der Waals surface area contributed by atoms with Crippen LogP contribution in [0.5, 0.6) is 0 Å². The number of carbonyl (C=O) groups is 1. The van der Waals surface area contributed by atoms with Crippen molar-refractivity contribution < 1.29 is 9.90 Å². The largest absolute Gasteiger partial charge is 0.395 e. The minimum absolute atomic E-state index is 0.0452. The lowest BCUT2D eigenvalue weighted by Gasteiger charge is -2.02. The van der Waals surface area contributed by atoms with Crippen molar-refractivity contribution in [2.45, 2.75) is 13.0 Å². The first-order chi connectivity index (χ1) is 9.79. The van der Waals surface area contributed by atoms with Crippen molar-refractivity contribution in [1.82, 2.24) is 25.9 Å². The Balaban J connectivity index is 1.92. The summed E-state index contributed by atoms with van der Waals surface area (Å²) in [5, 5.41) is 24.5. The predicted octanol–water partition coefficient (Wildman–Crippen LogP) is -0.136. The summed E-state index contributed by atoms with van der Waals surface area (Å²) in [6.45, 7) is 0.261.